The predicted molar refractivity (Wildman–Crippen MR) is 87.0 cm³/mol. The molecular weight excluding hydrogens is 332 g/mol. The fraction of sp³-hybridized carbons (Fsp3) is 0.562. The number of piperidine rings is 1. The summed E-state index contributed by atoms with van der Waals surface area (Å²) in [7, 11) is 1.30. The van der Waals surface area contributed by atoms with Crippen LogP contribution in [0.2, 0.25) is 0 Å². The standard InChI is InChI=1S/C16H20N2O5S/c1-10-5-8-24-13(10)14(19)17-6-3-11(4-7-17)18-12(15(20)22-2)9-23-16(18)21/h5,8,11-12H,3-4,6-7,9H2,1-2H3. The maximum atomic E-state index is 12.5. The normalized spacial score (nSPS) is 21.8. The van der Waals surface area contributed by atoms with Crippen molar-refractivity contribution in [3.8, 4) is 0 Å². The highest BCUT2D eigenvalue weighted by molar-refractivity contribution is 7.12. The highest BCUT2D eigenvalue weighted by atomic mass is 32.1. The third kappa shape index (κ3) is 2.98. The topological polar surface area (TPSA) is 76.2 Å². The van der Waals surface area contributed by atoms with Crippen LogP contribution < -0.4 is 0 Å². The summed E-state index contributed by atoms with van der Waals surface area (Å²) in [6, 6.07) is 1.14. The van der Waals surface area contributed by atoms with Crippen LogP contribution >= 0.6 is 11.3 Å². The lowest BCUT2D eigenvalue weighted by Gasteiger charge is -2.37. The Morgan fingerprint density at radius 2 is 2.04 bits per heavy atom. The Morgan fingerprint density at radius 3 is 2.62 bits per heavy atom. The van der Waals surface area contributed by atoms with Crippen molar-refractivity contribution in [1.82, 2.24) is 9.80 Å². The van der Waals surface area contributed by atoms with Gasteiger partial charge in [-0.25, -0.2) is 9.59 Å². The SMILES string of the molecule is COC(=O)C1COC(=O)N1C1CCN(C(=O)c2sccc2C)CC1. The van der Waals surface area contributed by atoms with Gasteiger partial charge >= 0.3 is 12.1 Å². The summed E-state index contributed by atoms with van der Waals surface area (Å²) < 4.78 is 9.76. The van der Waals surface area contributed by atoms with Gasteiger partial charge in [0.1, 0.15) is 6.61 Å². The van der Waals surface area contributed by atoms with Crippen molar-refractivity contribution in [2.24, 2.45) is 0 Å². The average Bonchev–Trinajstić information content (AvgIpc) is 3.19. The summed E-state index contributed by atoms with van der Waals surface area (Å²) in [6.45, 7) is 3.06. The molecule has 1 aromatic rings. The van der Waals surface area contributed by atoms with E-state index in [0.717, 1.165) is 10.4 Å². The molecule has 2 aliphatic rings. The molecule has 0 aromatic carbocycles. The van der Waals surface area contributed by atoms with Crippen LogP contribution in [0.4, 0.5) is 4.79 Å². The average molecular weight is 352 g/mol. The fourth-order valence-corrected chi connectivity index (χ4v) is 4.13. The number of ether oxygens (including phenoxy) is 2. The molecule has 1 atom stereocenters. The summed E-state index contributed by atoms with van der Waals surface area (Å²) in [5, 5.41) is 1.91. The maximum Gasteiger partial charge on any atom is 0.410 e. The number of carbonyl (C=O) groups excluding carboxylic acids is 3. The van der Waals surface area contributed by atoms with E-state index >= 15 is 0 Å². The Morgan fingerprint density at radius 1 is 1.33 bits per heavy atom. The number of carbonyl (C=O) groups is 3. The van der Waals surface area contributed by atoms with E-state index in [1.807, 2.05) is 23.3 Å². The summed E-state index contributed by atoms with van der Waals surface area (Å²) in [5.41, 5.74) is 0.987. The number of aryl methyl sites for hydroxylation is 1. The van der Waals surface area contributed by atoms with Crippen LogP contribution in [0.25, 0.3) is 0 Å². The molecule has 3 heterocycles. The predicted octanol–water partition coefficient (Wildman–Crippen LogP) is 1.65. The smallest absolute Gasteiger partial charge is 0.410 e. The van der Waals surface area contributed by atoms with Crippen LogP contribution in [0.5, 0.6) is 0 Å². The van der Waals surface area contributed by atoms with Gasteiger partial charge < -0.3 is 14.4 Å². The number of hydrogen-bond acceptors (Lipinski definition) is 6. The van der Waals surface area contributed by atoms with E-state index in [2.05, 4.69) is 0 Å². The molecule has 3 rings (SSSR count). The lowest BCUT2D eigenvalue weighted by atomic mass is 10.0. The third-order valence-corrected chi connectivity index (χ3v) is 5.59. The zero-order valence-corrected chi connectivity index (χ0v) is 14.5. The van der Waals surface area contributed by atoms with Gasteiger partial charge in [0, 0.05) is 19.1 Å². The number of esters is 1. The largest absolute Gasteiger partial charge is 0.467 e. The van der Waals surface area contributed by atoms with Crippen molar-refractivity contribution in [2.45, 2.75) is 31.8 Å². The van der Waals surface area contributed by atoms with Crippen molar-refractivity contribution in [2.75, 3.05) is 26.8 Å². The second-order valence-electron chi connectivity index (χ2n) is 5.98. The molecule has 2 aliphatic heterocycles. The minimum absolute atomic E-state index is 0.0268. The first-order chi connectivity index (χ1) is 11.5. The summed E-state index contributed by atoms with van der Waals surface area (Å²) in [4.78, 5) is 40.4. The van der Waals surface area contributed by atoms with Gasteiger partial charge in [0.15, 0.2) is 6.04 Å². The number of likely N-dealkylation sites (tertiary alicyclic amines) is 1. The highest BCUT2D eigenvalue weighted by Crippen LogP contribution is 2.26. The number of amides is 2. The Hall–Kier alpha value is -2.09. The zero-order chi connectivity index (χ0) is 17.3. The molecule has 1 unspecified atom stereocenters. The quantitative estimate of drug-likeness (QED) is 0.773. The van der Waals surface area contributed by atoms with Gasteiger partial charge in [0.05, 0.1) is 12.0 Å². The summed E-state index contributed by atoms with van der Waals surface area (Å²) in [5.74, 6) is -0.428. The van der Waals surface area contributed by atoms with Gasteiger partial charge in [0.2, 0.25) is 0 Å². The second-order valence-corrected chi connectivity index (χ2v) is 6.90. The molecule has 0 aliphatic carbocycles. The van der Waals surface area contributed by atoms with E-state index < -0.39 is 18.1 Å². The van der Waals surface area contributed by atoms with Crippen LogP contribution in [0, 0.1) is 6.92 Å². The van der Waals surface area contributed by atoms with Gasteiger partial charge in [-0.1, -0.05) is 0 Å². The molecule has 2 saturated heterocycles. The molecule has 0 saturated carbocycles. The van der Waals surface area contributed by atoms with E-state index in [9.17, 15) is 14.4 Å². The van der Waals surface area contributed by atoms with Gasteiger partial charge in [-0.3, -0.25) is 9.69 Å². The Balaban J connectivity index is 1.64. The highest BCUT2D eigenvalue weighted by Gasteiger charge is 2.44. The third-order valence-electron chi connectivity index (χ3n) is 4.59. The molecule has 0 spiro atoms. The van der Waals surface area contributed by atoms with Gasteiger partial charge in [-0.05, 0) is 36.8 Å². The fourth-order valence-electron chi connectivity index (χ4n) is 3.24. The number of methoxy groups -OCH3 is 1. The van der Waals surface area contributed by atoms with Gasteiger partial charge in [-0.15, -0.1) is 11.3 Å². The number of thiophene rings is 1. The van der Waals surface area contributed by atoms with Gasteiger partial charge in [-0.2, -0.15) is 0 Å². The number of cyclic esters (lactones) is 1. The Bertz CT molecular complexity index is 651. The molecule has 2 amide bonds. The first-order valence-corrected chi connectivity index (χ1v) is 8.77. The van der Waals surface area contributed by atoms with E-state index in [-0.39, 0.29) is 18.6 Å². The number of hydrogen-bond donors (Lipinski definition) is 0. The van der Waals surface area contributed by atoms with Crippen LogP contribution in [-0.2, 0) is 14.3 Å². The van der Waals surface area contributed by atoms with Crippen molar-refractivity contribution in [3.05, 3.63) is 21.9 Å². The first kappa shape index (κ1) is 16.8. The van der Waals surface area contributed by atoms with Crippen LogP contribution in [0.15, 0.2) is 11.4 Å². The number of rotatable bonds is 3. The molecule has 24 heavy (non-hydrogen) atoms. The first-order valence-electron chi connectivity index (χ1n) is 7.89. The molecule has 0 bridgehead atoms. The van der Waals surface area contributed by atoms with Crippen LogP contribution in [-0.4, -0.2) is 66.7 Å². The van der Waals surface area contributed by atoms with Crippen LogP contribution in [0.3, 0.4) is 0 Å². The molecule has 2 fully saturated rings. The zero-order valence-electron chi connectivity index (χ0n) is 13.7. The monoisotopic (exact) mass is 352 g/mol. The van der Waals surface area contributed by atoms with Crippen molar-refractivity contribution in [1.29, 1.82) is 0 Å². The molecule has 7 nitrogen and oxygen atoms in total. The minimum Gasteiger partial charge on any atom is -0.467 e. The molecular formula is C16H20N2O5S. The lowest BCUT2D eigenvalue weighted by molar-refractivity contribution is -0.145. The van der Waals surface area contributed by atoms with Gasteiger partial charge in [0.25, 0.3) is 5.91 Å². The van der Waals surface area contributed by atoms with E-state index in [0.29, 0.717) is 25.9 Å². The molecule has 0 radical (unpaired) electrons. The second kappa shape index (κ2) is 6.80. The maximum absolute atomic E-state index is 12.5. The molecule has 130 valence electrons. The van der Waals surface area contributed by atoms with E-state index in [4.69, 9.17) is 9.47 Å². The molecule has 0 N–H and O–H groups in total. The molecule has 1 aromatic heterocycles. The van der Waals surface area contributed by atoms with E-state index in [1.165, 1.54) is 23.3 Å². The minimum atomic E-state index is -0.686. The Labute approximate surface area is 144 Å². The van der Waals surface area contributed by atoms with Crippen molar-refractivity contribution < 1.29 is 23.9 Å². The van der Waals surface area contributed by atoms with Crippen LogP contribution in [0.1, 0.15) is 28.1 Å². The van der Waals surface area contributed by atoms with Crippen molar-refractivity contribution in [3.63, 3.8) is 0 Å². The van der Waals surface area contributed by atoms with E-state index in [1.54, 1.807) is 0 Å². The molecule has 8 heteroatoms. The number of nitrogens with zero attached hydrogens (tertiary/aromatic N) is 2. The Kier molecular flexibility index (Phi) is 4.75. The lowest BCUT2D eigenvalue weighted by Crippen LogP contribution is -2.51. The summed E-state index contributed by atoms with van der Waals surface area (Å²) in [6.07, 6.45) is 0.765. The summed E-state index contributed by atoms with van der Waals surface area (Å²) >= 11 is 1.45. The van der Waals surface area contributed by atoms with Crippen molar-refractivity contribution >= 4 is 29.3 Å².